The topological polar surface area (TPSA) is 46.5 Å². The highest BCUT2D eigenvalue weighted by atomic mass is 19.3. The highest BCUT2D eigenvalue weighted by Crippen LogP contribution is 2.19. The molecular weight excluding hydrogens is 218 g/mol. The molecule has 0 unspecified atom stereocenters. The molecule has 0 saturated heterocycles. The number of halogens is 2. The Bertz CT molecular complexity index is 396. The number of carboxylic acids is 1. The van der Waals surface area contributed by atoms with Gasteiger partial charge in [-0.25, -0.2) is 4.79 Å². The molecule has 1 aromatic carbocycles. The van der Waals surface area contributed by atoms with E-state index in [4.69, 9.17) is 5.11 Å². The van der Waals surface area contributed by atoms with Crippen LogP contribution in [0.15, 0.2) is 30.3 Å². The first-order chi connectivity index (χ1) is 7.49. The van der Waals surface area contributed by atoms with Crippen molar-refractivity contribution in [3.05, 3.63) is 35.9 Å². The lowest BCUT2D eigenvalue weighted by Gasteiger charge is -2.05. The maximum Gasteiger partial charge on any atom is 0.387 e. The van der Waals surface area contributed by atoms with Crippen LogP contribution in [-0.2, 0) is 4.79 Å². The summed E-state index contributed by atoms with van der Waals surface area (Å²) >= 11 is 0. The zero-order valence-electron chi connectivity index (χ0n) is 8.48. The molecule has 0 saturated carbocycles. The summed E-state index contributed by atoms with van der Waals surface area (Å²) in [6.45, 7) is -1.24. The van der Waals surface area contributed by atoms with E-state index in [-0.39, 0.29) is 5.75 Å². The molecule has 1 rings (SSSR count). The maximum atomic E-state index is 11.8. The molecule has 0 radical (unpaired) electrons. The fourth-order valence-electron chi connectivity index (χ4n) is 1.17. The number of carboxylic acid groups (broad SMARTS) is 1. The average molecular weight is 228 g/mol. The highest BCUT2D eigenvalue weighted by Gasteiger charge is 2.04. The van der Waals surface area contributed by atoms with E-state index in [2.05, 4.69) is 4.74 Å². The van der Waals surface area contributed by atoms with Gasteiger partial charge in [0.05, 0.1) is 0 Å². The zero-order chi connectivity index (χ0) is 12.1. The highest BCUT2D eigenvalue weighted by molar-refractivity contribution is 5.89. The number of ether oxygens (including phenoxy) is 1. The van der Waals surface area contributed by atoms with E-state index in [1.165, 1.54) is 24.3 Å². The maximum absolute atomic E-state index is 11.8. The van der Waals surface area contributed by atoms with Crippen molar-refractivity contribution in [1.82, 2.24) is 0 Å². The van der Waals surface area contributed by atoms with E-state index in [0.717, 1.165) is 6.08 Å². The van der Waals surface area contributed by atoms with Gasteiger partial charge in [-0.15, -0.1) is 0 Å². The van der Waals surface area contributed by atoms with Crippen LogP contribution in [0.5, 0.6) is 5.75 Å². The van der Waals surface area contributed by atoms with Gasteiger partial charge in [0.15, 0.2) is 0 Å². The molecule has 0 spiro atoms. The minimum Gasteiger partial charge on any atom is -0.478 e. The van der Waals surface area contributed by atoms with Crippen molar-refractivity contribution in [2.24, 2.45) is 0 Å². The lowest BCUT2D eigenvalue weighted by Crippen LogP contribution is -2.01. The molecule has 0 fully saturated rings. The summed E-state index contributed by atoms with van der Waals surface area (Å²) in [7, 11) is 0. The van der Waals surface area contributed by atoms with Gasteiger partial charge in [0.1, 0.15) is 5.75 Å². The van der Waals surface area contributed by atoms with Crippen LogP contribution in [0.3, 0.4) is 0 Å². The molecule has 0 aliphatic rings. The van der Waals surface area contributed by atoms with Crippen molar-refractivity contribution >= 4 is 11.5 Å². The number of carbonyl (C=O) groups is 1. The van der Waals surface area contributed by atoms with E-state index in [1.54, 1.807) is 6.92 Å². The Morgan fingerprint density at radius 3 is 2.38 bits per heavy atom. The number of hydrogen-bond donors (Lipinski definition) is 1. The van der Waals surface area contributed by atoms with Crippen LogP contribution in [0.25, 0.3) is 5.57 Å². The molecule has 5 heteroatoms. The van der Waals surface area contributed by atoms with Crippen LogP contribution >= 0.6 is 0 Å². The lowest BCUT2D eigenvalue weighted by molar-refractivity contribution is -0.131. The van der Waals surface area contributed by atoms with E-state index in [0.29, 0.717) is 11.1 Å². The third kappa shape index (κ3) is 3.68. The molecule has 3 nitrogen and oxygen atoms in total. The average Bonchev–Trinajstić information content (AvgIpc) is 2.16. The van der Waals surface area contributed by atoms with Gasteiger partial charge in [-0.1, -0.05) is 12.1 Å². The van der Waals surface area contributed by atoms with Crippen molar-refractivity contribution in [2.45, 2.75) is 13.5 Å². The van der Waals surface area contributed by atoms with Gasteiger partial charge in [0, 0.05) is 6.08 Å². The summed E-state index contributed by atoms with van der Waals surface area (Å²) in [6.07, 6.45) is 1.04. The van der Waals surface area contributed by atoms with Crippen molar-refractivity contribution in [1.29, 1.82) is 0 Å². The molecule has 86 valence electrons. The summed E-state index contributed by atoms with van der Waals surface area (Å²) in [5.74, 6) is -1.01. The molecule has 1 aromatic rings. The second-order valence-corrected chi connectivity index (χ2v) is 3.07. The molecule has 0 atom stereocenters. The number of hydrogen-bond acceptors (Lipinski definition) is 2. The van der Waals surface area contributed by atoms with E-state index >= 15 is 0 Å². The molecule has 0 bridgehead atoms. The Morgan fingerprint density at radius 1 is 1.38 bits per heavy atom. The smallest absolute Gasteiger partial charge is 0.387 e. The zero-order valence-corrected chi connectivity index (χ0v) is 8.48. The van der Waals surface area contributed by atoms with Crippen molar-refractivity contribution in [3.8, 4) is 5.75 Å². The predicted octanol–water partition coefficient (Wildman–Crippen LogP) is 2.78. The normalized spacial score (nSPS) is 11.6. The van der Waals surface area contributed by atoms with Gasteiger partial charge in [-0.3, -0.25) is 0 Å². The van der Waals surface area contributed by atoms with Gasteiger partial charge >= 0.3 is 12.6 Å². The number of allylic oxidation sites excluding steroid dienone is 1. The quantitative estimate of drug-likeness (QED) is 0.806. The van der Waals surface area contributed by atoms with Crippen LogP contribution in [0.2, 0.25) is 0 Å². The number of benzene rings is 1. The standard InChI is InChI=1S/C11H10F2O3/c1-7(6-10(14)15)8-2-4-9(5-3-8)16-11(12)13/h2-6,11H,1H3,(H,14,15)/b7-6+. The van der Waals surface area contributed by atoms with E-state index in [1.807, 2.05) is 0 Å². The van der Waals surface area contributed by atoms with Gasteiger partial charge in [0.25, 0.3) is 0 Å². The Labute approximate surface area is 91.0 Å². The SMILES string of the molecule is C/C(=C\C(=O)O)c1ccc(OC(F)F)cc1. The third-order valence-electron chi connectivity index (χ3n) is 1.87. The number of rotatable bonds is 4. The minimum atomic E-state index is -2.86. The first kappa shape index (κ1) is 12.2. The molecule has 0 heterocycles. The van der Waals surface area contributed by atoms with Crippen LogP contribution in [-0.4, -0.2) is 17.7 Å². The van der Waals surface area contributed by atoms with E-state index < -0.39 is 12.6 Å². The number of alkyl halides is 2. The summed E-state index contributed by atoms with van der Waals surface area (Å²) in [6, 6.07) is 5.76. The molecular formula is C11H10F2O3. The van der Waals surface area contributed by atoms with Crippen molar-refractivity contribution in [2.75, 3.05) is 0 Å². The van der Waals surface area contributed by atoms with Crippen LogP contribution in [0, 0.1) is 0 Å². The predicted molar refractivity (Wildman–Crippen MR) is 54.4 cm³/mol. The van der Waals surface area contributed by atoms with E-state index in [9.17, 15) is 13.6 Å². The molecule has 1 N–H and O–H groups in total. The summed E-state index contributed by atoms with van der Waals surface area (Å²) < 4.78 is 27.8. The monoisotopic (exact) mass is 228 g/mol. The fourth-order valence-corrected chi connectivity index (χ4v) is 1.17. The second kappa shape index (κ2) is 5.25. The minimum absolute atomic E-state index is 0.0434. The molecule has 0 aromatic heterocycles. The van der Waals surface area contributed by atoms with Gasteiger partial charge in [-0.05, 0) is 30.2 Å². The van der Waals surface area contributed by atoms with Crippen LogP contribution in [0.4, 0.5) is 8.78 Å². The van der Waals surface area contributed by atoms with Crippen LogP contribution in [0.1, 0.15) is 12.5 Å². The third-order valence-corrected chi connectivity index (χ3v) is 1.87. The largest absolute Gasteiger partial charge is 0.478 e. The Balaban J connectivity index is 2.82. The fraction of sp³-hybridized carbons (Fsp3) is 0.182. The molecule has 0 aliphatic heterocycles. The molecule has 0 amide bonds. The van der Waals surface area contributed by atoms with Gasteiger partial charge in [0.2, 0.25) is 0 Å². The first-order valence-corrected chi connectivity index (χ1v) is 4.45. The summed E-state index contributed by atoms with van der Waals surface area (Å²) in [5.41, 5.74) is 1.18. The van der Waals surface area contributed by atoms with Crippen LogP contribution < -0.4 is 4.74 Å². The van der Waals surface area contributed by atoms with Gasteiger partial charge < -0.3 is 9.84 Å². The molecule has 16 heavy (non-hydrogen) atoms. The number of aliphatic carboxylic acids is 1. The van der Waals surface area contributed by atoms with Gasteiger partial charge in [-0.2, -0.15) is 8.78 Å². The Morgan fingerprint density at radius 2 is 1.94 bits per heavy atom. The Hall–Kier alpha value is -1.91. The van der Waals surface area contributed by atoms with Crippen molar-refractivity contribution < 1.29 is 23.4 Å². The summed E-state index contributed by atoms with van der Waals surface area (Å²) in [4.78, 5) is 10.4. The lowest BCUT2D eigenvalue weighted by atomic mass is 10.1. The Kier molecular flexibility index (Phi) is 3.99. The van der Waals surface area contributed by atoms with Crippen molar-refractivity contribution in [3.63, 3.8) is 0 Å². The second-order valence-electron chi connectivity index (χ2n) is 3.07. The summed E-state index contributed by atoms with van der Waals surface area (Å²) in [5, 5.41) is 8.52. The molecule has 0 aliphatic carbocycles. The first-order valence-electron chi connectivity index (χ1n) is 4.45.